The Morgan fingerprint density at radius 1 is 0.967 bits per heavy atom. The van der Waals surface area contributed by atoms with Crippen molar-refractivity contribution in [3.05, 3.63) is 101 Å². The molecule has 1 aromatic heterocycles. The monoisotopic (exact) mass is 399 g/mol. The Hall–Kier alpha value is -3.80. The summed E-state index contributed by atoms with van der Waals surface area (Å²) >= 11 is 0. The van der Waals surface area contributed by atoms with Crippen LogP contribution in [-0.2, 0) is 6.54 Å². The first-order chi connectivity index (χ1) is 14.5. The Morgan fingerprint density at radius 2 is 1.63 bits per heavy atom. The van der Waals surface area contributed by atoms with Crippen molar-refractivity contribution >= 4 is 17.7 Å². The van der Waals surface area contributed by atoms with Crippen molar-refractivity contribution in [1.29, 1.82) is 0 Å². The van der Waals surface area contributed by atoms with E-state index in [0.29, 0.717) is 11.1 Å². The molecule has 4 rings (SSSR count). The van der Waals surface area contributed by atoms with Gasteiger partial charge in [0, 0.05) is 25.0 Å². The SMILES string of the molecule is C[C@H](c1ccccc1)N(C)C(=O)c1ccc2c(c1)C(=O)N(Cc1ccncc1)C2=O. The number of amides is 3. The molecule has 6 heteroatoms. The summed E-state index contributed by atoms with van der Waals surface area (Å²) in [4.78, 5) is 45.4. The lowest BCUT2D eigenvalue weighted by Crippen LogP contribution is -2.30. The maximum atomic E-state index is 13.0. The summed E-state index contributed by atoms with van der Waals surface area (Å²) in [5.74, 6) is -0.945. The van der Waals surface area contributed by atoms with Crippen LogP contribution in [0.25, 0.3) is 0 Å². The summed E-state index contributed by atoms with van der Waals surface area (Å²) in [6, 6.07) is 17.8. The molecule has 0 saturated carbocycles. The molecule has 1 aliphatic heterocycles. The van der Waals surface area contributed by atoms with Gasteiger partial charge in [0.05, 0.1) is 23.7 Å². The fourth-order valence-corrected chi connectivity index (χ4v) is 3.57. The Morgan fingerprint density at radius 3 is 2.33 bits per heavy atom. The van der Waals surface area contributed by atoms with Crippen molar-refractivity contribution in [1.82, 2.24) is 14.8 Å². The summed E-state index contributed by atoms with van der Waals surface area (Å²) in [7, 11) is 1.73. The van der Waals surface area contributed by atoms with E-state index in [4.69, 9.17) is 0 Å². The van der Waals surface area contributed by atoms with E-state index >= 15 is 0 Å². The van der Waals surface area contributed by atoms with Crippen molar-refractivity contribution in [2.75, 3.05) is 7.05 Å². The summed E-state index contributed by atoms with van der Waals surface area (Å²) in [5, 5.41) is 0. The fourth-order valence-electron chi connectivity index (χ4n) is 3.57. The molecule has 2 heterocycles. The number of benzene rings is 2. The fraction of sp³-hybridized carbons (Fsp3) is 0.167. The lowest BCUT2D eigenvalue weighted by molar-refractivity contribution is 0.0641. The van der Waals surface area contributed by atoms with Crippen molar-refractivity contribution in [3.63, 3.8) is 0 Å². The number of aromatic nitrogens is 1. The van der Waals surface area contributed by atoms with Gasteiger partial charge in [-0.1, -0.05) is 30.3 Å². The molecule has 0 unspecified atom stereocenters. The Labute approximate surface area is 174 Å². The Balaban J connectivity index is 1.57. The molecule has 0 N–H and O–H groups in total. The molecule has 0 saturated heterocycles. The van der Waals surface area contributed by atoms with Gasteiger partial charge in [-0.2, -0.15) is 0 Å². The van der Waals surface area contributed by atoms with Crippen LogP contribution in [0.3, 0.4) is 0 Å². The zero-order valence-electron chi connectivity index (χ0n) is 16.8. The number of hydrogen-bond acceptors (Lipinski definition) is 4. The van der Waals surface area contributed by atoms with E-state index in [1.165, 1.54) is 11.0 Å². The van der Waals surface area contributed by atoms with Crippen LogP contribution in [0.15, 0.2) is 73.1 Å². The van der Waals surface area contributed by atoms with Crippen molar-refractivity contribution in [3.8, 4) is 0 Å². The minimum Gasteiger partial charge on any atom is -0.335 e. The third-order valence-corrected chi connectivity index (χ3v) is 5.49. The van der Waals surface area contributed by atoms with Gasteiger partial charge in [0.15, 0.2) is 0 Å². The van der Waals surface area contributed by atoms with E-state index in [1.54, 1.807) is 48.6 Å². The standard InChI is InChI=1S/C24H21N3O3/c1-16(18-6-4-3-5-7-18)26(2)22(28)19-8-9-20-21(14-19)24(30)27(23(20)29)15-17-10-12-25-13-11-17/h3-14,16H,15H2,1-2H3/t16-/m1/s1. The van der Waals surface area contributed by atoms with Crippen LogP contribution < -0.4 is 0 Å². The van der Waals surface area contributed by atoms with E-state index in [2.05, 4.69) is 4.98 Å². The predicted octanol–water partition coefficient (Wildman–Crippen LogP) is 3.71. The molecule has 150 valence electrons. The van der Waals surface area contributed by atoms with E-state index in [9.17, 15) is 14.4 Å². The molecule has 0 fully saturated rings. The average Bonchev–Trinajstić information content (AvgIpc) is 3.03. The van der Waals surface area contributed by atoms with Crippen molar-refractivity contribution in [2.24, 2.45) is 0 Å². The highest BCUT2D eigenvalue weighted by Crippen LogP contribution is 2.27. The van der Waals surface area contributed by atoms with Gasteiger partial charge in [-0.15, -0.1) is 0 Å². The number of nitrogens with zero attached hydrogens (tertiary/aromatic N) is 3. The predicted molar refractivity (Wildman–Crippen MR) is 112 cm³/mol. The minimum absolute atomic E-state index is 0.132. The maximum Gasteiger partial charge on any atom is 0.261 e. The average molecular weight is 399 g/mol. The molecule has 1 atom stereocenters. The van der Waals surface area contributed by atoms with Gasteiger partial charge in [-0.3, -0.25) is 24.3 Å². The van der Waals surface area contributed by atoms with Gasteiger partial charge in [0.2, 0.25) is 0 Å². The third kappa shape index (κ3) is 3.48. The molecule has 0 spiro atoms. The van der Waals surface area contributed by atoms with E-state index in [0.717, 1.165) is 11.1 Å². The molecule has 1 aliphatic rings. The summed E-state index contributed by atoms with van der Waals surface area (Å²) in [6.45, 7) is 2.12. The third-order valence-electron chi connectivity index (χ3n) is 5.49. The van der Waals surface area contributed by atoms with Crippen LogP contribution in [0.1, 0.15) is 55.2 Å². The highest BCUT2D eigenvalue weighted by Gasteiger charge is 2.36. The molecular weight excluding hydrogens is 378 g/mol. The molecule has 0 bridgehead atoms. The number of carbonyl (C=O) groups is 3. The number of rotatable bonds is 5. The van der Waals surface area contributed by atoms with Gasteiger partial charge < -0.3 is 4.90 Å². The molecule has 3 aromatic rings. The van der Waals surface area contributed by atoms with Gasteiger partial charge in [-0.25, -0.2) is 0 Å². The first kappa shape index (κ1) is 19.5. The molecule has 0 aliphatic carbocycles. The van der Waals surface area contributed by atoms with Crippen LogP contribution in [0.4, 0.5) is 0 Å². The number of pyridine rings is 1. The quantitative estimate of drug-likeness (QED) is 0.613. The highest BCUT2D eigenvalue weighted by atomic mass is 16.2. The second-order valence-corrected chi connectivity index (χ2v) is 7.31. The van der Waals surface area contributed by atoms with Crippen LogP contribution in [0, 0.1) is 0 Å². The first-order valence-corrected chi connectivity index (χ1v) is 9.68. The van der Waals surface area contributed by atoms with Gasteiger partial charge >= 0.3 is 0 Å². The zero-order valence-corrected chi connectivity index (χ0v) is 16.8. The zero-order chi connectivity index (χ0) is 21.3. The summed E-state index contributed by atoms with van der Waals surface area (Å²) in [5.41, 5.74) is 2.80. The lowest BCUT2D eigenvalue weighted by atomic mass is 10.0. The molecular formula is C24H21N3O3. The van der Waals surface area contributed by atoms with E-state index < -0.39 is 0 Å². The van der Waals surface area contributed by atoms with Crippen LogP contribution in [0.5, 0.6) is 0 Å². The van der Waals surface area contributed by atoms with Crippen molar-refractivity contribution in [2.45, 2.75) is 19.5 Å². The summed E-state index contributed by atoms with van der Waals surface area (Å²) < 4.78 is 0. The Kier molecular flexibility index (Phi) is 5.14. The first-order valence-electron chi connectivity index (χ1n) is 9.68. The molecule has 3 amide bonds. The minimum atomic E-state index is -0.389. The smallest absolute Gasteiger partial charge is 0.261 e. The molecule has 6 nitrogen and oxygen atoms in total. The van der Waals surface area contributed by atoms with Crippen LogP contribution in [-0.4, -0.2) is 39.6 Å². The molecule has 2 aromatic carbocycles. The van der Waals surface area contributed by atoms with E-state index in [1.807, 2.05) is 37.3 Å². The maximum absolute atomic E-state index is 13.0. The van der Waals surface area contributed by atoms with Gasteiger partial charge in [0.25, 0.3) is 17.7 Å². The van der Waals surface area contributed by atoms with Crippen LogP contribution in [0.2, 0.25) is 0 Å². The van der Waals surface area contributed by atoms with E-state index in [-0.39, 0.29) is 35.9 Å². The highest BCUT2D eigenvalue weighted by molar-refractivity contribution is 6.22. The molecule has 0 radical (unpaired) electrons. The normalized spacial score (nSPS) is 13.9. The number of fused-ring (bicyclic) bond motifs is 1. The number of hydrogen-bond donors (Lipinski definition) is 0. The van der Waals surface area contributed by atoms with Gasteiger partial charge in [-0.05, 0) is 48.4 Å². The largest absolute Gasteiger partial charge is 0.335 e. The lowest BCUT2D eigenvalue weighted by Gasteiger charge is -2.25. The van der Waals surface area contributed by atoms with Gasteiger partial charge in [0.1, 0.15) is 0 Å². The Bertz CT molecular complexity index is 1110. The van der Waals surface area contributed by atoms with Crippen molar-refractivity contribution < 1.29 is 14.4 Å². The topological polar surface area (TPSA) is 70.6 Å². The second-order valence-electron chi connectivity index (χ2n) is 7.31. The summed E-state index contributed by atoms with van der Waals surface area (Å²) in [6.07, 6.45) is 3.24. The number of imide groups is 1. The second kappa shape index (κ2) is 7.91. The van der Waals surface area contributed by atoms with Crippen LogP contribution >= 0.6 is 0 Å². The molecule has 30 heavy (non-hydrogen) atoms. The number of carbonyl (C=O) groups excluding carboxylic acids is 3.